The predicted octanol–water partition coefficient (Wildman–Crippen LogP) is 1.49. The maximum Gasteiger partial charge on any atom is 0.240 e. The average molecular weight is 268 g/mol. The molecule has 0 radical (unpaired) electrons. The normalized spacial score (nSPS) is 19.6. The Morgan fingerprint density at radius 1 is 1.50 bits per heavy atom. The highest BCUT2D eigenvalue weighted by Gasteiger charge is 2.23. The summed E-state index contributed by atoms with van der Waals surface area (Å²) >= 11 is 1.80. The second-order valence-corrected chi connectivity index (χ2v) is 5.55. The van der Waals surface area contributed by atoms with Crippen LogP contribution in [0.5, 0.6) is 0 Å². The van der Waals surface area contributed by atoms with E-state index in [0.717, 1.165) is 23.6 Å². The molecule has 0 aliphatic carbocycles. The van der Waals surface area contributed by atoms with E-state index in [-0.39, 0.29) is 17.8 Å². The monoisotopic (exact) mass is 268 g/mol. The van der Waals surface area contributed by atoms with Crippen molar-refractivity contribution in [2.24, 2.45) is 0 Å². The number of carbonyl (C=O) groups excluding carboxylic acids is 1. The minimum absolute atomic E-state index is 0.0887. The first kappa shape index (κ1) is 13.4. The van der Waals surface area contributed by atoms with E-state index < -0.39 is 0 Å². The van der Waals surface area contributed by atoms with Crippen molar-refractivity contribution in [3.05, 3.63) is 35.6 Å². The second-order valence-electron chi connectivity index (χ2n) is 4.40. The van der Waals surface area contributed by atoms with Crippen LogP contribution >= 0.6 is 11.8 Å². The third-order valence-electron chi connectivity index (χ3n) is 2.93. The molecule has 1 unspecified atom stereocenters. The van der Waals surface area contributed by atoms with Crippen LogP contribution in [0.25, 0.3) is 0 Å². The summed E-state index contributed by atoms with van der Waals surface area (Å²) in [6, 6.07) is 6.17. The highest BCUT2D eigenvalue weighted by molar-refractivity contribution is 7.99. The van der Waals surface area contributed by atoms with Gasteiger partial charge >= 0.3 is 0 Å². The topological polar surface area (TPSA) is 32.3 Å². The molecule has 1 aromatic rings. The van der Waals surface area contributed by atoms with Gasteiger partial charge in [-0.3, -0.25) is 4.79 Å². The Labute approximate surface area is 111 Å². The van der Waals surface area contributed by atoms with Crippen LogP contribution in [-0.4, -0.2) is 41.9 Å². The molecule has 1 fully saturated rings. The number of benzene rings is 1. The molecule has 2 rings (SSSR count). The summed E-state index contributed by atoms with van der Waals surface area (Å²) in [5.41, 5.74) is 0.940. The van der Waals surface area contributed by atoms with E-state index in [0.29, 0.717) is 6.54 Å². The number of rotatable bonds is 3. The van der Waals surface area contributed by atoms with Crippen LogP contribution < -0.4 is 5.32 Å². The molecule has 5 heteroatoms. The highest BCUT2D eigenvalue weighted by atomic mass is 32.2. The van der Waals surface area contributed by atoms with Gasteiger partial charge in [0.25, 0.3) is 0 Å². The van der Waals surface area contributed by atoms with Gasteiger partial charge in [-0.2, -0.15) is 11.8 Å². The maximum absolute atomic E-state index is 12.8. The first-order valence-electron chi connectivity index (χ1n) is 5.97. The molecule has 1 aromatic carbocycles. The van der Waals surface area contributed by atoms with Crippen molar-refractivity contribution in [3.8, 4) is 0 Å². The van der Waals surface area contributed by atoms with Crippen LogP contribution in [0.4, 0.5) is 4.39 Å². The van der Waals surface area contributed by atoms with Crippen LogP contribution in [0.3, 0.4) is 0 Å². The summed E-state index contributed by atoms with van der Waals surface area (Å²) < 4.78 is 12.8. The van der Waals surface area contributed by atoms with E-state index in [1.807, 2.05) is 0 Å². The molecule has 3 nitrogen and oxygen atoms in total. The van der Waals surface area contributed by atoms with Gasteiger partial charge in [0, 0.05) is 31.6 Å². The molecule has 18 heavy (non-hydrogen) atoms. The van der Waals surface area contributed by atoms with E-state index in [2.05, 4.69) is 5.32 Å². The first-order chi connectivity index (χ1) is 8.66. The maximum atomic E-state index is 12.8. The molecular formula is C13H17FN2OS. The number of hydrogen-bond acceptors (Lipinski definition) is 3. The Balaban J connectivity index is 1.92. The summed E-state index contributed by atoms with van der Waals surface area (Å²) in [7, 11) is 1.78. The number of carbonyl (C=O) groups is 1. The largest absolute Gasteiger partial charge is 0.340 e. The van der Waals surface area contributed by atoms with Crippen molar-refractivity contribution >= 4 is 17.7 Å². The quantitative estimate of drug-likeness (QED) is 0.901. The molecule has 1 N–H and O–H groups in total. The third kappa shape index (κ3) is 3.46. The number of amides is 1. The van der Waals surface area contributed by atoms with E-state index in [4.69, 9.17) is 0 Å². The lowest BCUT2D eigenvalue weighted by Crippen LogP contribution is -2.49. The molecule has 1 amide bonds. The molecule has 1 aliphatic rings. The van der Waals surface area contributed by atoms with Gasteiger partial charge in [-0.1, -0.05) is 12.1 Å². The minimum Gasteiger partial charge on any atom is -0.340 e. The van der Waals surface area contributed by atoms with Crippen molar-refractivity contribution in [3.63, 3.8) is 0 Å². The lowest BCUT2D eigenvalue weighted by Gasteiger charge is -2.27. The molecule has 0 aromatic heterocycles. The molecule has 1 atom stereocenters. The summed E-state index contributed by atoms with van der Waals surface area (Å²) in [5.74, 6) is 1.74. The molecule has 1 heterocycles. The van der Waals surface area contributed by atoms with Crippen LogP contribution in [0, 0.1) is 5.82 Å². The van der Waals surface area contributed by atoms with E-state index in [1.165, 1.54) is 12.1 Å². The lowest BCUT2D eigenvalue weighted by molar-refractivity contribution is -0.132. The summed E-state index contributed by atoms with van der Waals surface area (Å²) in [6.07, 6.45) is 0. The number of likely N-dealkylation sites (N-methyl/N-ethyl adjacent to an activating group) is 1. The van der Waals surface area contributed by atoms with Crippen LogP contribution in [0.15, 0.2) is 24.3 Å². The van der Waals surface area contributed by atoms with Gasteiger partial charge in [0.1, 0.15) is 5.82 Å². The molecule has 0 spiro atoms. The molecular weight excluding hydrogens is 251 g/mol. The van der Waals surface area contributed by atoms with Gasteiger partial charge in [-0.25, -0.2) is 4.39 Å². The summed E-state index contributed by atoms with van der Waals surface area (Å²) in [6.45, 7) is 1.40. The molecule has 1 aliphatic heterocycles. The van der Waals surface area contributed by atoms with Crippen molar-refractivity contribution in [2.45, 2.75) is 12.6 Å². The van der Waals surface area contributed by atoms with Gasteiger partial charge in [0.15, 0.2) is 0 Å². The zero-order valence-corrected chi connectivity index (χ0v) is 11.2. The number of halogens is 1. The van der Waals surface area contributed by atoms with Gasteiger partial charge in [-0.15, -0.1) is 0 Å². The lowest BCUT2D eigenvalue weighted by atomic mass is 10.2. The average Bonchev–Trinajstić information content (AvgIpc) is 2.41. The Kier molecular flexibility index (Phi) is 4.60. The fourth-order valence-electron chi connectivity index (χ4n) is 1.93. The molecule has 1 saturated heterocycles. The zero-order valence-electron chi connectivity index (χ0n) is 10.4. The fourth-order valence-corrected chi connectivity index (χ4v) is 2.86. The van der Waals surface area contributed by atoms with Crippen LogP contribution in [0.1, 0.15) is 5.56 Å². The summed E-state index contributed by atoms with van der Waals surface area (Å²) in [5, 5.41) is 3.22. The first-order valence-corrected chi connectivity index (χ1v) is 7.13. The Morgan fingerprint density at radius 3 is 2.83 bits per heavy atom. The van der Waals surface area contributed by atoms with Gasteiger partial charge in [0.05, 0.1) is 6.04 Å². The smallest absolute Gasteiger partial charge is 0.240 e. The van der Waals surface area contributed by atoms with Crippen LogP contribution in [-0.2, 0) is 11.3 Å². The van der Waals surface area contributed by atoms with Crippen LogP contribution in [0.2, 0.25) is 0 Å². The Hall–Kier alpha value is -1.07. The minimum atomic E-state index is -0.252. The summed E-state index contributed by atoms with van der Waals surface area (Å²) in [4.78, 5) is 13.8. The van der Waals surface area contributed by atoms with Crippen molar-refractivity contribution < 1.29 is 9.18 Å². The Bertz CT molecular complexity index is 404. The number of thioether (sulfide) groups is 1. The van der Waals surface area contributed by atoms with E-state index >= 15 is 0 Å². The fraction of sp³-hybridized carbons (Fsp3) is 0.462. The van der Waals surface area contributed by atoms with E-state index in [1.54, 1.807) is 35.8 Å². The highest BCUT2D eigenvalue weighted by Crippen LogP contribution is 2.11. The number of nitrogens with zero attached hydrogens (tertiary/aromatic N) is 1. The third-order valence-corrected chi connectivity index (χ3v) is 3.99. The van der Waals surface area contributed by atoms with Crippen molar-refractivity contribution in [1.82, 2.24) is 10.2 Å². The number of hydrogen-bond donors (Lipinski definition) is 1. The molecule has 0 saturated carbocycles. The van der Waals surface area contributed by atoms with Gasteiger partial charge in [0.2, 0.25) is 5.91 Å². The zero-order chi connectivity index (χ0) is 13.0. The van der Waals surface area contributed by atoms with Gasteiger partial charge in [-0.05, 0) is 17.7 Å². The molecule has 98 valence electrons. The predicted molar refractivity (Wildman–Crippen MR) is 72.0 cm³/mol. The molecule has 0 bridgehead atoms. The standard InChI is InChI=1S/C13H17FN2OS/c1-16(8-10-2-4-11(14)5-3-10)13(17)12-9-18-7-6-15-12/h2-5,12,15H,6-9H2,1H3. The second kappa shape index (κ2) is 6.20. The number of nitrogens with one attached hydrogen (secondary N) is 1. The van der Waals surface area contributed by atoms with Gasteiger partial charge < -0.3 is 10.2 Å². The van der Waals surface area contributed by atoms with Crippen molar-refractivity contribution in [1.29, 1.82) is 0 Å². The Morgan fingerprint density at radius 2 is 2.22 bits per heavy atom. The van der Waals surface area contributed by atoms with E-state index in [9.17, 15) is 9.18 Å². The van der Waals surface area contributed by atoms with Crippen molar-refractivity contribution in [2.75, 3.05) is 25.1 Å². The SMILES string of the molecule is CN(Cc1ccc(F)cc1)C(=O)C1CSCCN1.